The molecular weight excluding hydrogens is 845 g/mol. The standard InChI is InChI=1S/C68H40N2/c1-9-25-51-43(17-1)44-18-2-10-26-52(44)67(51)55-29-13-5-21-47(55)63-57(67)37-39-61-65(63)49-23-7-15-31-59(49)69(61)41-33-35-42(36-34-41)70-60-32-16-8-24-50(60)66-62(70)40-38-58-64(66)48-22-6-14-30-56(48)68(58)53-27-11-3-19-45(53)46-20-4-12-28-54(46)68/h1-40H. The number of hydrogen-bond acceptors (Lipinski definition) is 0. The molecule has 0 amide bonds. The van der Waals surface area contributed by atoms with Gasteiger partial charge >= 0.3 is 0 Å². The van der Waals surface area contributed by atoms with Crippen LogP contribution in [0, 0.1) is 0 Å². The minimum atomic E-state index is -0.394. The number of aromatic nitrogens is 2. The van der Waals surface area contributed by atoms with Crippen molar-refractivity contribution in [2.75, 3.05) is 0 Å². The zero-order valence-electron chi connectivity index (χ0n) is 38.0. The van der Waals surface area contributed by atoms with E-state index in [1.807, 2.05) is 0 Å². The van der Waals surface area contributed by atoms with Crippen molar-refractivity contribution in [1.82, 2.24) is 9.13 Å². The van der Waals surface area contributed by atoms with Crippen molar-refractivity contribution in [3.05, 3.63) is 287 Å². The summed E-state index contributed by atoms with van der Waals surface area (Å²) in [5, 5.41) is 5.16. The van der Waals surface area contributed by atoms with Crippen molar-refractivity contribution >= 4 is 43.6 Å². The number of rotatable bonds is 2. The van der Waals surface area contributed by atoms with Gasteiger partial charge in [-0.1, -0.05) is 194 Å². The van der Waals surface area contributed by atoms with E-state index in [9.17, 15) is 0 Å². The fraction of sp³-hybridized carbons (Fsp3) is 0.0294. The lowest BCUT2D eigenvalue weighted by Gasteiger charge is -2.30. The van der Waals surface area contributed by atoms with Crippen molar-refractivity contribution in [1.29, 1.82) is 0 Å². The number of para-hydroxylation sites is 2. The van der Waals surface area contributed by atoms with Crippen molar-refractivity contribution in [3.8, 4) is 55.9 Å². The Labute approximate surface area is 404 Å². The van der Waals surface area contributed by atoms with Crippen molar-refractivity contribution in [2.45, 2.75) is 10.8 Å². The first-order chi connectivity index (χ1) is 34.8. The third-order valence-corrected chi connectivity index (χ3v) is 17.0. The molecule has 0 fully saturated rings. The molecule has 2 aromatic heterocycles. The summed E-state index contributed by atoms with van der Waals surface area (Å²) in [6.45, 7) is 0. The predicted molar refractivity (Wildman–Crippen MR) is 288 cm³/mol. The molecule has 4 aliphatic rings. The van der Waals surface area contributed by atoms with E-state index in [4.69, 9.17) is 0 Å². The summed E-state index contributed by atoms with van der Waals surface area (Å²) >= 11 is 0. The van der Waals surface area contributed by atoms with E-state index >= 15 is 0 Å². The van der Waals surface area contributed by atoms with Crippen LogP contribution in [-0.2, 0) is 10.8 Å². The van der Waals surface area contributed by atoms with Crippen LogP contribution in [0.15, 0.2) is 243 Å². The highest BCUT2D eigenvalue weighted by Gasteiger charge is 2.53. The van der Waals surface area contributed by atoms with E-state index in [-0.39, 0.29) is 0 Å². The fourth-order valence-electron chi connectivity index (χ4n) is 14.6. The second-order valence-electron chi connectivity index (χ2n) is 19.8. The third-order valence-electron chi connectivity index (χ3n) is 17.0. The van der Waals surface area contributed by atoms with Gasteiger partial charge < -0.3 is 9.13 Å². The van der Waals surface area contributed by atoms with Crippen LogP contribution in [0.2, 0.25) is 0 Å². The minimum Gasteiger partial charge on any atom is -0.309 e. The molecule has 11 aromatic carbocycles. The predicted octanol–water partition coefficient (Wildman–Crippen LogP) is 16.6. The number of benzene rings is 11. The van der Waals surface area contributed by atoms with Crippen LogP contribution in [0.25, 0.3) is 99.5 Å². The minimum absolute atomic E-state index is 0.394. The van der Waals surface area contributed by atoms with Gasteiger partial charge in [-0.3, -0.25) is 0 Å². The molecule has 0 radical (unpaired) electrons. The summed E-state index contributed by atoms with van der Waals surface area (Å²) in [7, 11) is 0. The van der Waals surface area contributed by atoms with Gasteiger partial charge in [-0.2, -0.15) is 0 Å². The summed E-state index contributed by atoms with van der Waals surface area (Å²) in [5.74, 6) is 0. The highest BCUT2D eigenvalue weighted by molar-refractivity contribution is 6.20. The van der Waals surface area contributed by atoms with Crippen LogP contribution >= 0.6 is 0 Å². The molecule has 0 aliphatic heterocycles. The molecular formula is C68H40N2. The van der Waals surface area contributed by atoms with Crippen molar-refractivity contribution < 1.29 is 0 Å². The van der Waals surface area contributed by atoms with Crippen molar-refractivity contribution in [3.63, 3.8) is 0 Å². The first-order valence-corrected chi connectivity index (χ1v) is 24.6. The van der Waals surface area contributed by atoms with Crippen LogP contribution in [0.1, 0.15) is 44.5 Å². The first kappa shape index (κ1) is 37.1. The fourth-order valence-corrected chi connectivity index (χ4v) is 14.6. The average molecular weight is 885 g/mol. The van der Waals surface area contributed by atoms with Crippen molar-refractivity contribution in [2.24, 2.45) is 0 Å². The monoisotopic (exact) mass is 884 g/mol. The summed E-state index contributed by atoms with van der Waals surface area (Å²) in [6.07, 6.45) is 0. The lowest BCUT2D eigenvalue weighted by atomic mass is 9.70. The molecule has 4 aliphatic carbocycles. The zero-order valence-corrected chi connectivity index (χ0v) is 38.0. The number of fused-ring (bicyclic) bond motifs is 28. The average Bonchev–Trinajstić information content (AvgIpc) is 4.25. The molecule has 0 N–H and O–H groups in total. The summed E-state index contributed by atoms with van der Waals surface area (Å²) in [4.78, 5) is 0. The Bertz CT molecular complexity index is 4100. The van der Waals surface area contributed by atoms with E-state index in [0.29, 0.717) is 0 Å². The Morgan fingerprint density at radius 3 is 0.857 bits per heavy atom. The molecule has 70 heavy (non-hydrogen) atoms. The highest BCUT2D eigenvalue weighted by atomic mass is 15.0. The largest absolute Gasteiger partial charge is 0.309 e. The number of hydrogen-bond donors (Lipinski definition) is 0. The summed E-state index contributed by atoms with van der Waals surface area (Å²) in [6, 6.07) is 91.8. The zero-order chi connectivity index (χ0) is 45.5. The van der Waals surface area contributed by atoms with Crippen LogP contribution in [-0.4, -0.2) is 9.13 Å². The Kier molecular flexibility index (Phi) is 6.86. The van der Waals surface area contributed by atoms with E-state index in [1.54, 1.807) is 0 Å². The number of nitrogens with zero attached hydrogens (tertiary/aromatic N) is 2. The van der Waals surface area contributed by atoms with E-state index < -0.39 is 10.8 Å². The lowest BCUT2D eigenvalue weighted by molar-refractivity contribution is 0.794. The third kappa shape index (κ3) is 4.14. The van der Waals surface area contributed by atoms with Gasteiger partial charge in [0.2, 0.25) is 0 Å². The Balaban J connectivity index is 0.877. The van der Waals surface area contributed by atoms with Gasteiger partial charge in [0.05, 0.1) is 32.9 Å². The Hall–Kier alpha value is -8.98. The molecule has 0 saturated heterocycles. The van der Waals surface area contributed by atoms with Gasteiger partial charge in [0, 0.05) is 32.9 Å². The van der Waals surface area contributed by atoms with Gasteiger partial charge in [-0.25, -0.2) is 0 Å². The Morgan fingerprint density at radius 2 is 0.500 bits per heavy atom. The van der Waals surface area contributed by atoms with Gasteiger partial charge in [0.1, 0.15) is 0 Å². The maximum atomic E-state index is 2.49. The second kappa shape index (κ2) is 13.0. The first-order valence-electron chi connectivity index (χ1n) is 24.6. The highest BCUT2D eigenvalue weighted by Crippen LogP contribution is 2.66. The maximum absolute atomic E-state index is 2.49. The molecule has 322 valence electrons. The molecule has 0 saturated carbocycles. The molecule has 13 aromatic rings. The van der Waals surface area contributed by atoms with Crippen LogP contribution in [0.5, 0.6) is 0 Å². The maximum Gasteiger partial charge on any atom is 0.0725 e. The van der Waals surface area contributed by atoms with E-state index in [0.717, 1.165) is 11.4 Å². The SMILES string of the molecule is c1ccc2c(c1)-c1ccccc1C21c2ccccc2-c2c1ccc1c2c2ccccc2n1-c1ccc(-n2c3ccccc3c3c4c(ccc32)C2(c3ccccc3-c3ccccc32)c2ccccc2-4)cc1. The normalized spacial score (nSPS) is 14.5. The topological polar surface area (TPSA) is 9.86 Å². The van der Waals surface area contributed by atoms with Crippen LogP contribution in [0.4, 0.5) is 0 Å². The molecule has 2 heteroatoms. The summed E-state index contributed by atoms with van der Waals surface area (Å²) < 4.78 is 4.98. The van der Waals surface area contributed by atoms with Crippen LogP contribution in [0.3, 0.4) is 0 Å². The molecule has 17 rings (SSSR count). The molecule has 0 unspecified atom stereocenters. The van der Waals surface area contributed by atoms with Gasteiger partial charge in [0.25, 0.3) is 0 Å². The summed E-state index contributed by atoms with van der Waals surface area (Å²) in [5.41, 5.74) is 27.9. The Morgan fingerprint density at radius 1 is 0.214 bits per heavy atom. The quantitative estimate of drug-likeness (QED) is 0.164. The van der Waals surface area contributed by atoms with E-state index in [1.165, 1.54) is 133 Å². The van der Waals surface area contributed by atoms with Gasteiger partial charge in [-0.05, 0) is 138 Å². The van der Waals surface area contributed by atoms with Crippen LogP contribution < -0.4 is 0 Å². The molecule has 2 heterocycles. The van der Waals surface area contributed by atoms with E-state index in [2.05, 4.69) is 252 Å². The molecule has 0 atom stereocenters. The molecule has 0 bridgehead atoms. The lowest BCUT2D eigenvalue weighted by Crippen LogP contribution is -2.25. The second-order valence-corrected chi connectivity index (χ2v) is 19.8. The van der Waals surface area contributed by atoms with Gasteiger partial charge in [-0.15, -0.1) is 0 Å². The van der Waals surface area contributed by atoms with Gasteiger partial charge in [0.15, 0.2) is 0 Å². The smallest absolute Gasteiger partial charge is 0.0725 e. The molecule has 2 spiro atoms. The molecule has 2 nitrogen and oxygen atoms in total.